The molecule has 1 amide bonds. The molecule has 1 saturated carbocycles. The predicted molar refractivity (Wildman–Crippen MR) is 74.5 cm³/mol. The highest BCUT2D eigenvalue weighted by Crippen LogP contribution is 2.28. The van der Waals surface area contributed by atoms with Gasteiger partial charge in [-0.15, -0.1) is 0 Å². The average Bonchev–Trinajstić information content (AvgIpc) is 2.91. The molecule has 0 atom stereocenters. The van der Waals surface area contributed by atoms with E-state index >= 15 is 0 Å². The maximum Gasteiger partial charge on any atom is 0.262 e. The first-order valence-electron chi connectivity index (χ1n) is 7.10. The second-order valence-electron chi connectivity index (χ2n) is 5.35. The minimum Gasteiger partial charge on any atom is -0.482 e. The number of rotatable bonds is 4. The highest BCUT2D eigenvalue weighted by molar-refractivity contribution is 5.95. The monoisotopic (exact) mass is 260 g/mol. The summed E-state index contributed by atoms with van der Waals surface area (Å²) in [6, 6.07) is 6.75. The molecule has 0 radical (unpaired) electrons. The Balaban J connectivity index is 1.56. The molecule has 0 unspecified atom stereocenters. The third kappa shape index (κ3) is 3.07. The molecule has 102 valence electrons. The Kier molecular flexibility index (Phi) is 3.69. The zero-order chi connectivity index (χ0) is 13.1. The molecule has 0 bridgehead atoms. The molecule has 2 N–H and O–H groups in total. The van der Waals surface area contributed by atoms with Crippen molar-refractivity contribution < 1.29 is 9.53 Å². The van der Waals surface area contributed by atoms with Gasteiger partial charge in [-0.1, -0.05) is 18.9 Å². The van der Waals surface area contributed by atoms with Crippen LogP contribution in [-0.2, 0) is 11.2 Å². The summed E-state index contributed by atoms with van der Waals surface area (Å²) in [4.78, 5) is 11.3. The average molecular weight is 260 g/mol. The highest BCUT2D eigenvalue weighted by atomic mass is 16.5. The van der Waals surface area contributed by atoms with Gasteiger partial charge < -0.3 is 15.4 Å². The van der Waals surface area contributed by atoms with E-state index in [-0.39, 0.29) is 12.5 Å². The summed E-state index contributed by atoms with van der Waals surface area (Å²) in [6.45, 7) is 1.12. The first kappa shape index (κ1) is 12.5. The SMILES string of the molecule is O=C1COc2ccc(CCNC3CCCC3)cc2N1. The number of hydrogen-bond acceptors (Lipinski definition) is 3. The maximum atomic E-state index is 11.3. The molecule has 1 fully saturated rings. The molecule has 19 heavy (non-hydrogen) atoms. The van der Waals surface area contributed by atoms with Crippen molar-refractivity contribution in [3.8, 4) is 5.75 Å². The van der Waals surface area contributed by atoms with E-state index in [1.54, 1.807) is 0 Å². The van der Waals surface area contributed by atoms with E-state index in [9.17, 15) is 4.79 Å². The van der Waals surface area contributed by atoms with Crippen LogP contribution in [-0.4, -0.2) is 25.1 Å². The number of hydrogen-bond donors (Lipinski definition) is 2. The van der Waals surface area contributed by atoms with Gasteiger partial charge in [0.15, 0.2) is 6.61 Å². The lowest BCUT2D eigenvalue weighted by Crippen LogP contribution is -2.28. The van der Waals surface area contributed by atoms with Crippen LogP contribution in [0.15, 0.2) is 18.2 Å². The van der Waals surface area contributed by atoms with Gasteiger partial charge in [-0.2, -0.15) is 0 Å². The van der Waals surface area contributed by atoms with Crippen LogP contribution in [0, 0.1) is 0 Å². The summed E-state index contributed by atoms with van der Waals surface area (Å²) in [7, 11) is 0. The van der Waals surface area contributed by atoms with Gasteiger partial charge in [0.25, 0.3) is 5.91 Å². The van der Waals surface area contributed by atoms with E-state index in [1.165, 1.54) is 31.2 Å². The summed E-state index contributed by atoms with van der Waals surface area (Å²) in [6.07, 6.45) is 6.33. The summed E-state index contributed by atoms with van der Waals surface area (Å²) >= 11 is 0. The molecule has 0 aromatic heterocycles. The van der Waals surface area contributed by atoms with Gasteiger partial charge in [-0.05, 0) is 43.5 Å². The number of carbonyl (C=O) groups excluding carboxylic acids is 1. The smallest absolute Gasteiger partial charge is 0.262 e. The molecule has 1 aliphatic heterocycles. The van der Waals surface area contributed by atoms with Crippen LogP contribution in [0.3, 0.4) is 0 Å². The molecule has 2 aliphatic rings. The number of fused-ring (bicyclic) bond motifs is 1. The Morgan fingerprint density at radius 2 is 2.16 bits per heavy atom. The molecule has 1 aliphatic carbocycles. The number of carbonyl (C=O) groups is 1. The zero-order valence-electron chi connectivity index (χ0n) is 11.1. The van der Waals surface area contributed by atoms with Gasteiger partial charge >= 0.3 is 0 Å². The van der Waals surface area contributed by atoms with Gasteiger partial charge in [0.2, 0.25) is 0 Å². The number of anilines is 1. The van der Waals surface area contributed by atoms with Crippen LogP contribution in [0.4, 0.5) is 5.69 Å². The fraction of sp³-hybridized carbons (Fsp3) is 0.533. The van der Waals surface area contributed by atoms with E-state index in [4.69, 9.17) is 4.74 Å². The quantitative estimate of drug-likeness (QED) is 0.871. The van der Waals surface area contributed by atoms with E-state index in [0.29, 0.717) is 6.04 Å². The van der Waals surface area contributed by atoms with Crippen molar-refractivity contribution in [3.63, 3.8) is 0 Å². The fourth-order valence-corrected chi connectivity index (χ4v) is 2.84. The molecular formula is C15H20N2O2. The van der Waals surface area contributed by atoms with Crippen LogP contribution in [0.25, 0.3) is 0 Å². The van der Waals surface area contributed by atoms with Crippen LogP contribution in [0.1, 0.15) is 31.2 Å². The minimum absolute atomic E-state index is 0.0752. The lowest BCUT2D eigenvalue weighted by atomic mass is 10.1. The molecular weight excluding hydrogens is 240 g/mol. The van der Waals surface area contributed by atoms with Crippen molar-refractivity contribution >= 4 is 11.6 Å². The van der Waals surface area contributed by atoms with E-state index in [0.717, 1.165) is 24.4 Å². The summed E-state index contributed by atoms with van der Waals surface area (Å²) in [5, 5.41) is 6.45. The first-order valence-corrected chi connectivity index (χ1v) is 7.10. The molecule has 1 aromatic rings. The molecule has 0 spiro atoms. The Bertz CT molecular complexity index is 467. The van der Waals surface area contributed by atoms with Crippen molar-refractivity contribution in [2.24, 2.45) is 0 Å². The maximum absolute atomic E-state index is 11.3. The molecule has 1 heterocycles. The van der Waals surface area contributed by atoms with Gasteiger partial charge in [0.1, 0.15) is 5.75 Å². The van der Waals surface area contributed by atoms with E-state index < -0.39 is 0 Å². The van der Waals surface area contributed by atoms with Crippen molar-refractivity contribution in [2.75, 3.05) is 18.5 Å². The van der Waals surface area contributed by atoms with Gasteiger partial charge in [0.05, 0.1) is 5.69 Å². The number of ether oxygens (including phenoxy) is 1. The standard InChI is InChI=1S/C15H20N2O2/c18-15-10-19-14-6-5-11(9-13(14)17-15)7-8-16-12-3-1-2-4-12/h5-6,9,12,16H,1-4,7-8,10H2,(H,17,18). The Labute approximate surface area is 113 Å². The summed E-state index contributed by atoms with van der Waals surface area (Å²) in [5.74, 6) is 0.695. The highest BCUT2D eigenvalue weighted by Gasteiger charge is 2.16. The van der Waals surface area contributed by atoms with Crippen molar-refractivity contribution in [3.05, 3.63) is 23.8 Å². The molecule has 0 saturated heterocycles. The number of amides is 1. The molecule has 3 rings (SSSR count). The van der Waals surface area contributed by atoms with Crippen molar-refractivity contribution in [1.29, 1.82) is 0 Å². The van der Waals surface area contributed by atoms with Gasteiger partial charge in [0, 0.05) is 6.04 Å². The number of nitrogens with one attached hydrogen (secondary N) is 2. The molecule has 1 aromatic carbocycles. The predicted octanol–water partition coefficient (Wildman–Crippen LogP) is 2.09. The van der Waals surface area contributed by atoms with Crippen molar-refractivity contribution in [2.45, 2.75) is 38.1 Å². The minimum atomic E-state index is -0.0752. The van der Waals surface area contributed by atoms with Crippen molar-refractivity contribution in [1.82, 2.24) is 5.32 Å². The van der Waals surface area contributed by atoms with E-state index in [2.05, 4.69) is 16.7 Å². The van der Waals surface area contributed by atoms with Gasteiger partial charge in [-0.3, -0.25) is 4.79 Å². The second kappa shape index (κ2) is 5.61. The third-order valence-corrected chi connectivity index (χ3v) is 3.88. The lowest BCUT2D eigenvalue weighted by molar-refractivity contribution is -0.118. The van der Waals surface area contributed by atoms with Crippen LogP contribution in [0.5, 0.6) is 5.75 Å². The fourth-order valence-electron chi connectivity index (χ4n) is 2.84. The van der Waals surface area contributed by atoms with Crippen LogP contribution >= 0.6 is 0 Å². The Hall–Kier alpha value is -1.55. The van der Waals surface area contributed by atoms with E-state index in [1.807, 2.05) is 12.1 Å². The lowest BCUT2D eigenvalue weighted by Gasteiger charge is -2.18. The Morgan fingerprint density at radius 1 is 1.32 bits per heavy atom. The molecule has 4 heteroatoms. The third-order valence-electron chi connectivity index (χ3n) is 3.88. The van der Waals surface area contributed by atoms with Crippen LogP contribution < -0.4 is 15.4 Å². The topological polar surface area (TPSA) is 50.4 Å². The summed E-state index contributed by atoms with van der Waals surface area (Å²) < 4.78 is 5.35. The van der Waals surface area contributed by atoms with Crippen LogP contribution in [0.2, 0.25) is 0 Å². The second-order valence-corrected chi connectivity index (χ2v) is 5.35. The van der Waals surface area contributed by atoms with Gasteiger partial charge in [-0.25, -0.2) is 0 Å². The largest absolute Gasteiger partial charge is 0.482 e. The first-order chi connectivity index (χ1) is 9.31. The molecule has 4 nitrogen and oxygen atoms in total. The summed E-state index contributed by atoms with van der Waals surface area (Å²) in [5.41, 5.74) is 2.03. The zero-order valence-corrected chi connectivity index (χ0v) is 11.1. The Morgan fingerprint density at radius 3 is 3.00 bits per heavy atom. The normalized spacial score (nSPS) is 18.8. The number of benzene rings is 1.